The number of likely N-dealkylation sites (N-methyl/N-ethyl adjacent to an activating group) is 1. The van der Waals surface area contributed by atoms with Crippen LogP contribution >= 0.6 is 0 Å². The molecule has 0 aliphatic rings. The number of methoxy groups -OCH3 is 1. The third-order valence-electron chi connectivity index (χ3n) is 5.74. The molecule has 0 spiro atoms. The summed E-state index contributed by atoms with van der Waals surface area (Å²) in [7, 11) is -0.651. The van der Waals surface area contributed by atoms with Crippen LogP contribution in [0.4, 0.5) is 0 Å². The molecule has 0 heterocycles. The van der Waals surface area contributed by atoms with Crippen molar-refractivity contribution in [3.63, 3.8) is 0 Å². The second-order valence-corrected chi connectivity index (χ2v) is 10.3. The van der Waals surface area contributed by atoms with E-state index in [0.717, 1.165) is 21.7 Å². The molecule has 36 heavy (non-hydrogen) atoms. The molecule has 8 nitrogen and oxygen atoms in total. The Hall–Kier alpha value is -3.69. The number of carbonyl (C=O) groups is 2. The van der Waals surface area contributed by atoms with E-state index in [0.29, 0.717) is 11.3 Å². The zero-order valence-corrected chi connectivity index (χ0v) is 21.4. The quantitative estimate of drug-likeness (QED) is 0.429. The van der Waals surface area contributed by atoms with Gasteiger partial charge in [-0.3, -0.25) is 9.59 Å². The molecule has 0 saturated carbocycles. The fourth-order valence-electron chi connectivity index (χ4n) is 3.82. The third kappa shape index (κ3) is 7.16. The fourth-order valence-corrected chi connectivity index (χ4v) is 4.54. The molecule has 0 bridgehead atoms. The highest BCUT2D eigenvalue weighted by Crippen LogP contribution is 2.25. The highest BCUT2D eigenvalue weighted by atomic mass is 32.2. The van der Waals surface area contributed by atoms with Gasteiger partial charge in [-0.2, -0.15) is 4.31 Å². The van der Waals surface area contributed by atoms with Crippen molar-refractivity contribution in [1.29, 1.82) is 0 Å². The van der Waals surface area contributed by atoms with Crippen LogP contribution in [-0.4, -0.2) is 56.4 Å². The highest BCUT2D eigenvalue weighted by molar-refractivity contribution is 7.88. The summed E-state index contributed by atoms with van der Waals surface area (Å²) in [5, 5.41) is 2.64. The van der Waals surface area contributed by atoms with Crippen molar-refractivity contribution < 1.29 is 22.7 Å². The second kappa shape index (κ2) is 12.3. The molecule has 0 aromatic heterocycles. The van der Waals surface area contributed by atoms with Crippen molar-refractivity contribution in [2.45, 2.75) is 19.1 Å². The van der Waals surface area contributed by atoms with Crippen molar-refractivity contribution in [2.75, 3.05) is 27.0 Å². The number of benzene rings is 3. The lowest BCUT2D eigenvalue weighted by Gasteiger charge is -2.33. The lowest BCUT2D eigenvalue weighted by atomic mass is 10.0. The monoisotopic (exact) mass is 509 g/mol. The molecule has 0 aliphatic heterocycles. The molecule has 2 amide bonds. The van der Waals surface area contributed by atoms with Crippen LogP contribution in [0.3, 0.4) is 0 Å². The molecule has 0 radical (unpaired) electrons. The van der Waals surface area contributed by atoms with Crippen LogP contribution in [-0.2, 0) is 32.7 Å². The number of nitrogens with one attached hydrogen (secondary N) is 1. The van der Waals surface area contributed by atoms with E-state index >= 15 is 0 Å². The van der Waals surface area contributed by atoms with E-state index in [4.69, 9.17) is 4.74 Å². The van der Waals surface area contributed by atoms with Crippen LogP contribution in [0, 0.1) is 0 Å². The number of hydrogen-bond acceptors (Lipinski definition) is 5. The number of sulfonamides is 1. The molecule has 1 N–H and O–H groups in total. The fraction of sp³-hybridized carbons (Fsp3) is 0.259. The molecule has 1 unspecified atom stereocenters. The Labute approximate surface area is 212 Å². The normalized spacial score (nSPS) is 12.1. The molecular formula is C27H31N3O5S. The van der Waals surface area contributed by atoms with Gasteiger partial charge in [0.15, 0.2) is 0 Å². The van der Waals surface area contributed by atoms with Crippen LogP contribution in [0.15, 0.2) is 84.9 Å². The first-order chi connectivity index (χ1) is 17.2. The smallest absolute Gasteiger partial charge is 0.247 e. The Kier molecular flexibility index (Phi) is 9.21. The van der Waals surface area contributed by atoms with Crippen LogP contribution in [0.25, 0.3) is 0 Å². The van der Waals surface area contributed by atoms with E-state index in [1.165, 1.54) is 11.9 Å². The number of ether oxygens (including phenoxy) is 1. The van der Waals surface area contributed by atoms with Gasteiger partial charge in [-0.05, 0) is 28.8 Å². The summed E-state index contributed by atoms with van der Waals surface area (Å²) >= 11 is 0. The first-order valence-corrected chi connectivity index (χ1v) is 13.3. The van der Waals surface area contributed by atoms with Crippen molar-refractivity contribution in [1.82, 2.24) is 14.5 Å². The molecule has 190 valence electrons. The number of hydrogen-bond donors (Lipinski definition) is 1. The predicted molar refractivity (Wildman–Crippen MR) is 138 cm³/mol. The zero-order chi connectivity index (χ0) is 26.1. The van der Waals surface area contributed by atoms with Crippen molar-refractivity contribution in [3.8, 4) is 5.75 Å². The van der Waals surface area contributed by atoms with Gasteiger partial charge >= 0.3 is 0 Å². The van der Waals surface area contributed by atoms with E-state index in [-0.39, 0.29) is 19.0 Å². The second-order valence-electron chi connectivity index (χ2n) is 8.31. The van der Waals surface area contributed by atoms with Crippen LogP contribution in [0.2, 0.25) is 0 Å². The summed E-state index contributed by atoms with van der Waals surface area (Å²) < 4.78 is 31.6. The van der Waals surface area contributed by atoms with Crippen LogP contribution in [0.1, 0.15) is 22.7 Å². The number of rotatable bonds is 11. The SMILES string of the molecule is CNC(=O)C(c1ccccc1)N(Cc1ccc(OC)cc1)C(=O)CN(Cc1ccccc1)S(C)(=O)=O. The Morgan fingerprint density at radius 3 is 1.94 bits per heavy atom. The van der Waals surface area contributed by atoms with Gasteiger partial charge in [0.05, 0.1) is 19.9 Å². The summed E-state index contributed by atoms with van der Waals surface area (Å²) in [6.45, 7) is -0.277. The Morgan fingerprint density at radius 1 is 0.861 bits per heavy atom. The molecule has 3 aromatic carbocycles. The lowest BCUT2D eigenvalue weighted by Crippen LogP contribution is -2.47. The lowest BCUT2D eigenvalue weighted by molar-refractivity contribution is -0.141. The zero-order valence-electron chi connectivity index (χ0n) is 20.6. The molecular weight excluding hydrogens is 478 g/mol. The Balaban J connectivity index is 1.99. The molecule has 0 fully saturated rings. The Bertz CT molecular complexity index is 1250. The maximum Gasteiger partial charge on any atom is 0.247 e. The number of carbonyl (C=O) groups excluding carboxylic acids is 2. The molecule has 3 rings (SSSR count). The van der Waals surface area contributed by atoms with Gasteiger partial charge in [0.2, 0.25) is 21.8 Å². The molecule has 9 heteroatoms. The predicted octanol–water partition coefficient (Wildman–Crippen LogP) is 2.97. The van der Waals surface area contributed by atoms with E-state index < -0.39 is 28.5 Å². The highest BCUT2D eigenvalue weighted by Gasteiger charge is 2.33. The average Bonchev–Trinajstić information content (AvgIpc) is 2.88. The van der Waals surface area contributed by atoms with Crippen LogP contribution < -0.4 is 10.1 Å². The minimum absolute atomic E-state index is 0.0395. The summed E-state index contributed by atoms with van der Waals surface area (Å²) in [5.74, 6) is -0.213. The van der Waals surface area contributed by atoms with Crippen LogP contribution in [0.5, 0.6) is 5.75 Å². The van der Waals surface area contributed by atoms with Crippen molar-refractivity contribution in [2.24, 2.45) is 0 Å². The molecule has 3 aromatic rings. The summed E-state index contributed by atoms with van der Waals surface area (Å²) in [5.41, 5.74) is 2.14. The first kappa shape index (κ1) is 26.9. The minimum atomic E-state index is -3.72. The first-order valence-electron chi connectivity index (χ1n) is 11.4. The van der Waals surface area contributed by atoms with Crippen molar-refractivity contribution in [3.05, 3.63) is 102 Å². The summed E-state index contributed by atoms with van der Waals surface area (Å²) in [6.07, 6.45) is 1.07. The maximum atomic E-state index is 13.8. The van der Waals surface area contributed by atoms with Gasteiger partial charge in [-0.15, -0.1) is 0 Å². The van der Waals surface area contributed by atoms with E-state index in [9.17, 15) is 18.0 Å². The van der Waals surface area contributed by atoms with Crippen molar-refractivity contribution >= 4 is 21.8 Å². The van der Waals surface area contributed by atoms with Gasteiger partial charge in [-0.25, -0.2) is 8.42 Å². The van der Waals surface area contributed by atoms with E-state index in [2.05, 4.69) is 5.32 Å². The van der Waals surface area contributed by atoms with Gasteiger partial charge in [0.1, 0.15) is 11.8 Å². The maximum absolute atomic E-state index is 13.8. The standard InChI is InChI=1S/C27H31N3O5S/c1-28-27(32)26(23-12-8-5-9-13-23)30(19-22-14-16-24(35-2)17-15-22)25(31)20-29(36(3,33)34)18-21-10-6-4-7-11-21/h4-17,26H,18-20H2,1-3H3,(H,28,32). The Morgan fingerprint density at radius 2 is 1.42 bits per heavy atom. The third-order valence-corrected chi connectivity index (χ3v) is 6.93. The minimum Gasteiger partial charge on any atom is -0.497 e. The van der Waals surface area contributed by atoms with Gasteiger partial charge in [0, 0.05) is 20.1 Å². The summed E-state index contributed by atoms with van der Waals surface area (Å²) in [4.78, 5) is 28.2. The van der Waals surface area contributed by atoms with Gasteiger partial charge in [0.25, 0.3) is 0 Å². The molecule has 0 saturated heterocycles. The molecule has 0 aliphatic carbocycles. The van der Waals surface area contributed by atoms with E-state index in [1.54, 1.807) is 55.6 Å². The topological polar surface area (TPSA) is 96.0 Å². The summed E-state index contributed by atoms with van der Waals surface area (Å²) in [6, 6.07) is 24.2. The molecule has 1 atom stereocenters. The number of nitrogens with zero attached hydrogens (tertiary/aromatic N) is 2. The average molecular weight is 510 g/mol. The van der Waals surface area contributed by atoms with Gasteiger partial charge in [-0.1, -0.05) is 72.8 Å². The van der Waals surface area contributed by atoms with E-state index in [1.807, 2.05) is 36.4 Å². The van der Waals surface area contributed by atoms with Gasteiger partial charge < -0.3 is 15.0 Å². The number of amides is 2. The largest absolute Gasteiger partial charge is 0.497 e.